The van der Waals surface area contributed by atoms with Crippen molar-refractivity contribution in [2.75, 3.05) is 0 Å². The van der Waals surface area contributed by atoms with Crippen molar-refractivity contribution in [1.29, 1.82) is 0 Å². The van der Waals surface area contributed by atoms with Gasteiger partial charge < -0.3 is 9.16 Å². The standard InChI is InChI=1S/C25H33ClO3Si/c1-7-20(17-23(27)28-18-19-12-9-8-10-13-19)24(21-14-11-15-22(26)16-21)29-30(5,6)25(2,3)4/h7-16,20,24H,1,17-18H2,2-6H3/t20-,24+/m1/s1. The van der Waals surface area contributed by atoms with E-state index in [9.17, 15) is 4.79 Å². The molecular weight excluding hydrogens is 412 g/mol. The molecule has 0 aliphatic carbocycles. The normalized spacial score (nSPS) is 14.1. The molecule has 3 nitrogen and oxygen atoms in total. The van der Waals surface area contributed by atoms with Crippen LogP contribution >= 0.6 is 11.6 Å². The number of halogens is 1. The molecule has 0 radical (unpaired) electrons. The van der Waals surface area contributed by atoms with Crippen molar-refractivity contribution in [2.24, 2.45) is 5.92 Å². The van der Waals surface area contributed by atoms with E-state index in [1.807, 2.05) is 54.6 Å². The van der Waals surface area contributed by atoms with Gasteiger partial charge in [0.15, 0.2) is 8.32 Å². The molecule has 0 fully saturated rings. The summed E-state index contributed by atoms with van der Waals surface area (Å²) in [4.78, 5) is 12.6. The molecule has 162 valence electrons. The summed E-state index contributed by atoms with van der Waals surface area (Å²) in [6.07, 6.45) is 1.68. The highest BCUT2D eigenvalue weighted by Crippen LogP contribution is 2.42. The van der Waals surface area contributed by atoms with Gasteiger partial charge in [-0.2, -0.15) is 0 Å². The molecule has 0 saturated heterocycles. The van der Waals surface area contributed by atoms with Gasteiger partial charge in [0.2, 0.25) is 0 Å². The lowest BCUT2D eigenvalue weighted by molar-refractivity contribution is -0.146. The van der Waals surface area contributed by atoms with Gasteiger partial charge in [-0.25, -0.2) is 0 Å². The highest BCUT2D eigenvalue weighted by Gasteiger charge is 2.41. The molecule has 0 aromatic heterocycles. The fourth-order valence-corrected chi connectivity index (χ4v) is 4.38. The first-order valence-corrected chi connectivity index (χ1v) is 13.6. The number of ether oxygens (including phenoxy) is 1. The van der Waals surface area contributed by atoms with Crippen LogP contribution in [-0.2, 0) is 20.6 Å². The molecule has 0 amide bonds. The van der Waals surface area contributed by atoms with E-state index in [0.717, 1.165) is 11.1 Å². The largest absolute Gasteiger partial charge is 0.461 e. The van der Waals surface area contributed by atoms with Crippen molar-refractivity contribution in [3.05, 3.63) is 83.4 Å². The molecule has 0 bridgehead atoms. The Morgan fingerprint density at radius 3 is 2.37 bits per heavy atom. The van der Waals surface area contributed by atoms with Crippen LogP contribution < -0.4 is 0 Å². The van der Waals surface area contributed by atoms with Crippen LogP contribution in [-0.4, -0.2) is 14.3 Å². The lowest BCUT2D eigenvalue weighted by atomic mass is 9.93. The zero-order valence-electron chi connectivity index (χ0n) is 18.7. The smallest absolute Gasteiger partial charge is 0.306 e. The average molecular weight is 445 g/mol. The van der Waals surface area contributed by atoms with Crippen LogP contribution in [0.1, 0.15) is 44.4 Å². The van der Waals surface area contributed by atoms with E-state index >= 15 is 0 Å². The summed E-state index contributed by atoms with van der Waals surface area (Å²) in [5.74, 6) is -0.490. The third kappa shape index (κ3) is 6.83. The molecular formula is C25H33ClO3Si. The average Bonchev–Trinajstić information content (AvgIpc) is 2.69. The number of esters is 1. The summed E-state index contributed by atoms with van der Waals surface area (Å²) < 4.78 is 12.3. The molecule has 0 N–H and O–H groups in total. The van der Waals surface area contributed by atoms with Crippen LogP contribution in [0.25, 0.3) is 0 Å². The van der Waals surface area contributed by atoms with Crippen molar-refractivity contribution >= 4 is 25.9 Å². The maximum absolute atomic E-state index is 12.6. The third-order valence-corrected chi connectivity index (χ3v) is 10.4. The summed E-state index contributed by atoms with van der Waals surface area (Å²) in [5.41, 5.74) is 1.91. The number of carbonyl (C=O) groups excluding carboxylic acids is 1. The Labute approximate surface area is 187 Å². The Bertz CT molecular complexity index is 843. The fourth-order valence-electron chi connectivity index (χ4n) is 2.88. The van der Waals surface area contributed by atoms with Crippen molar-refractivity contribution in [3.8, 4) is 0 Å². The minimum absolute atomic E-state index is 0.0311. The first-order valence-electron chi connectivity index (χ1n) is 10.3. The van der Waals surface area contributed by atoms with Crippen molar-refractivity contribution in [3.63, 3.8) is 0 Å². The van der Waals surface area contributed by atoms with Crippen LogP contribution in [0, 0.1) is 5.92 Å². The summed E-state index contributed by atoms with van der Waals surface area (Å²) in [6, 6.07) is 17.3. The Morgan fingerprint density at radius 1 is 1.13 bits per heavy atom. The van der Waals surface area contributed by atoms with E-state index in [-0.39, 0.29) is 36.1 Å². The van der Waals surface area contributed by atoms with E-state index in [1.54, 1.807) is 6.08 Å². The molecule has 5 heteroatoms. The van der Waals surface area contributed by atoms with E-state index in [0.29, 0.717) is 5.02 Å². The zero-order chi connectivity index (χ0) is 22.4. The molecule has 2 rings (SSSR count). The van der Waals surface area contributed by atoms with Gasteiger partial charge in [-0.1, -0.05) is 80.9 Å². The molecule has 2 aromatic rings. The van der Waals surface area contributed by atoms with Crippen LogP contribution in [0.15, 0.2) is 67.3 Å². The van der Waals surface area contributed by atoms with Crippen molar-refractivity contribution in [2.45, 2.75) is 58.0 Å². The lowest BCUT2D eigenvalue weighted by Gasteiger charge is -2.41. The molecule has 0 aliphatic rings. The Morgan fingerprint density at radius 2 is 1.80 bits per heavy atom. The van der Waals surface area contributed by atoms with Crippen molar-refractivity contribution < 1.29 is 14.0 Å². The summed E-state index contributed by atoms with van der Waals surface area (Å²) in [7, 11) is -2.11. The number of benzene rings is 2. The Balaban J connectivity index is 2.21. The van der Waals surface area contributed by atoms with Crippen LogP contribution in [0.3, 0.4) is 0 Å². The number of hydrogen-bond acceptors (Lipinski definition) is 3. The Hall–Kier alpha value is -1.88. The highest BCUT2D eigenvalue weighted by atomic mass is 35.5. The molecule has 2 aromatic carbocycles. The maximum atomic E-state index is 12.6. The minimum atomic E-state index is -2.11. The van der Waals surface area contributed by atoms with Gasteiger partial charge in [0, 0.05) is 10.9 Å². The number of rotatable bonds is 9. The van der Waals surface area contributed by atoms with Crippen LogP contribution in [0.5, 0.6) is 0 Å². The highest BCUT2D eigenvalue weighted by molar-refractivity contribution is 6.74. The Kier molecular flexibility index (Phi) is 8.48. The van der Waals surface area contributed by atoms with Gasteiger partial charge in [-0.15, -0.1) is 6.58 Å². The topological polar surface area (TPSA) is 35.5 Å². The first kappa shape index (κ1) is 24.4. The molecule has 0 unspecified atom stereocenters. The molecule has 0 heterocycles. The van der Waals surface area contributed by atoms with Crippen LogP contribution in [0.4, 0.5) is 0 Å². The van der Waals surface area contributed by atoms with Gasteiger partial charge in [0.05, 0.1) is 12.5 Å². The minimum Gasteiger partial charge on any atom is -0.461 e. The predicted molar refractivity (Wildman–Crippen MR) is 127 cm³/mol. The zero-order valence-corrected chi connectivity index (χ0v) is 20.4. The summed E-state index contributed by atoms with van der Waals surface area (Å²) in [6.45, 7) is 15.3. The van der Waals surface area contributed by atoms with Crippen molar-refractivity contribution in [1.82, 2.24) is 0 Å². The van der Waals surface area contributed by atoms with E-state index in [1.165, 1.54) is 0 Å². The number of hydrogen-bond donors (Lipinski definition) is 0. The second-order valence-electron chi connectivity index (χ2n) is 9.10. The fraction of sp³-hybridized carbons (Fsp3) is 0.400. The molecule has 0 aliphatic heterocycles. The molecule has 30 heavy (non-hydrogen) atoms. The monoisotopic (exact) mass is 444 g/mol. The number of carbonyl (C=O) groups is 1. The second-order valence-corrected chi connectivity index (χ2v) is 14.3. The van der Waals surface area contributed by atoms with Gasteiger partial charge in [-0.3, -0.25) is 4.79 Å². The SMILES string of the molecule is C=C[C@H](CC(=O)OCc1ccccc1)[C@H](O[Si](C)(C)C(C)(C)C)c1cccc(Cl)c1. The summed E-state index contributed by atoms with van der Waals surface area (Å²) >= 11 is 6.26. The third-order valence-electron chi connectivity index (χ3n) is 5.74. The second kappa shape index (κ2) is 10.4. The van der Waals surface area contributed by atoms with Gasteiger partial charge in [0.25, 0.3) is 0 Å². The van der Waals surface area contributed by atoms with E-state index in [4.69, 9.17) is 20.8 Å². The quantitative estimate of drug-likeness (QED) is 0.230. The van der Waals surface area contributed by atoms with Gasteiger partial charge >= 0.3 is 5.97 Å². The van der Waals surface area contributed by atoms with Crippen LogP contribution in [0.2, 0.25) is 23.2 Å². The first-order chi connectivity index (χ1) is 14.0. The van der Waals surface area contributed by atoms with Gasteiger partial charge in [-0.05, 0) is 41.4 Å². The van der Waals surface area contributed by atoms with Gasteiger partial charge in [0.1, 0.15) is 6.61 Å². The molecule has 0 spiro atoms. The predicted octanol–water partition coefficient (Wildman–Crippen LogP) is 7.34. The lowest BCUT2D eigenvalue weighted by Crippen LogP contribution is -2.43. The summed E-state index contributed by atoms with van der Waals surface area (Å²) in [5, 5.41) is 0.675. The molecule has 2 atom stereocenters. The molecule has 0 saturated carbocycles. The maximum Gasteiger partial charge on any atom is 0.306 e. The van der Waals surface area contributed by atoms with E-state index in [2.05, 4.69) is 40.4 Å². The van der Waals surface area contributed by atoms with E-state index < -0.39 is 8.32 Å².